The Labute approximate surface area is 147 Å². The van der Waals surface area contributed by atoms with E-state index in [1.165, 1.54) is 4.90 Å². The summed E-state index contributed by atoms with van der Waals surface area (Å²) in [6.45, 7) is 0.484. The van der Waals surface area contributed by atoms with Gasteiger partial charge in [-0.1, -0.05) is 30.3 Å². The van der Waals surface area contributed by atoms with Gasteiger partial charge in [-0.05, 0) is 31.2 Å². The van der Waals surface area contributed by atoms with Crippen LogP contribution in [0.2, 0.25) is 0 Å². The van der Waals surface area contributed by atoms with Gasteiger partial charge in [0, 0.05) is 13.1 Å². The number of hydrogen-bond acceptors (Lipinski definition) is 5. The predicted molar refractivity (Wildman–Crippen MR) is 93.0 cm³/mol. The van der Waals surface area contributed by atoms with Gasteiger partial charge in [0.05, 0.1) is 12.1 Å². The molecule has 3 atom stereocenters. The van der Waals surface area contributed by atoms with Crippen LogP contribution in [0.4, 0.5) is 0 Å². The Bertz CT molecular complexity index is 593. The van der Waals surface area contributed by atoms with Crippen LogP contribution >= 0.6 is 0 Å². The number of aldehydes is 1. The maximum absolute atomic E-state index is 12.6. The predicted octanol–water partition coefficient (Wildman–Crippen LogP) is 0.179. The van der Waals surface area contributed by atoms with Crippen molar-refractivity contribution in [1.82, 2.24) is 10.2 Å². The number of hydrogen-bond donors (Lipinski definition) is 3. The maximum Gasteiger partial charge on any atom is 0.320 e. The van der Waals surface area contributed by atoms with E-state index in [2.05, 4.69) is 5.32 Å². The lowest BCUT2D eigenvalue weighted by atomic mass is 10.0. The second-order valence-electron chi connectivity index (χ2n) is 6.25. The molecule has 0 spiro atoms. The number of aliphatic carboxylic acids is 1. The number of likely N-dealkylation sites (tertiary alicyclic amines) is 1. The van der Waals surface area contributed by atoms with Crippen LogP contribution in [0.3, 0.4) is 0 Å². The monoisotopic (exact) mass is 347 g/mol. The Balaban J connectivity index is 1.99. The van der Waals surface area contributed by atoms with Crippen LogP contribution in [0.5, 0.6) is 0 Å². The smallest absolute Gasteiger partial charge is 0.320 e. The minimum absolute atomic E-state index is 0.0178. The highest BCUT2D eigenvalue weighted by molar-refractivity contribution is 5.86. The van der Waals surface area contributed by atoms with E-state index in [0.29, 0.717) is 25.8 Å². The van der Waals surface area contributed by atoms with Crippen LogP contribution < -0.4 is 11.1 Å². The summed E-state index contributed by atoms with van der Waals surface area (Å²) in [5.41, 5.74) is 6.73. The molecule has 0 radical (unpaired) electrons. The fourth-order valence-electron chi connectivity index (χ4n) is 3.12. The Hall–Kier alpha value is -2.25. The molecular weight excluding hydrogens is 322 g/mol. The number of rotatable bonds is 9. The zero-order valence-electron chi connectivity index (χ0n) is 14.1. The molecule has 1 aliphatic heterocycles. The number of nitrogens with zero attached hydrogens (tertiary/aromatic N) is 1. The summed E-state index contributed by atoms with van der Waals surface area (Å²) in [6.07, 6.45) is 3.10. The van der Waals surface area contributed by atoms with Gasteiger partial charge in [0.25, 0.3) is 0 Å². The molecule has 1 fully saturated rings. The molecule has 7 heteroatoms. The van der Waals surface area contributed by atoms with Gasteiger partial charge >= 0.3 is 5.97 Å². The average Bonchev–Trinajstić information content (AvgIpc) is 3.10. The number of carboxylic acid groups (broad SMARTS) is 1. The normalized spacial score (nSPS) is 19.4. The second kappa shape index (κ2) is 9.29. The molecule has 7 nitrogen and oxygen atoms in total. The SMILES string of the molecule is NCC(NC(CCc1ccccc1)C(=O)O)C(=O)N1CCCC1C=O. The molecule has 1 aromatic rings. The van der Waals surface area contributed by atoms with Gasteiger partial charge in [-0.3, -0.25) is 14.9 Å². The van der Waals surface area contributed by atoms with E-state index >= 15 is 0 Å². The van der Waals surface area contributed by atoms with Crippen molar-refractivity contribution in [2.45, 2.75) is 43.8 Å². The number of aryl methyl sites for hydroxylation is 1. The third-order valence-corrected chi connectivity index (χ3v) is 4.54. The largest absolute Gasteiger partial charge is 0.480 e. The van der Waals surface area contributed by atoms with Gasteiger partial charge < -0.3 is 20.5 Å². The van der Waals surface area contributed by atoms with E-state index in [1.54, 1.807) is 0 Å². The highest BCUT2D eigenvalue weighted by atomic mass is 16.4. The lowest BCUT2D eigenvalue weighted by Crippen LogP contribution is -2.56. The van der Waals surface area contributed by atoms with E-state index in [1.807, 2.05) is 30.3 Å². The second-order valence-corrected chi connectivity index (χ2v) is 6.25. The number of carbonyl (C=O) groups is 3. The Kier molecular flexibility index (Phi) is 7.09. The lowest BCUT2D eigenvalue weighted by molar-refractivity contribution is -0.141. The molecule has 0 saturated carbocycles. The van der Waals surface area contributed by atoms with Crippen LogP contribution in [0.25, 0.3) is 0 Å². The number of benzene rings is 1. The van der Waals surface area contributed by atoms with E-state index in [4.69, 9.17) is 5.73 Å². The van der Waals surface area contributed by atoms with E-state index in [0.717, 1.165) is 18.3 Å². The first kappa shape index (κ1) is 19.1. The van der Waals surface area contributed by atoms with Crippen molar-refractivity contribution in [3.8, 4) is 0 Å². The van der Waals surface area contributed by atoms with Crippen molar-refractivity contribution >= 4 is 18.2 Å². The van der Waals surface area contributed by atoms with E-state index in [9.17, 15) is 19.5 Å². The molecule has 1 saturated heterocycles. The summed E-state index contributed by atoms with van der Waals surface area (Å²) in [5, 5.41) is 12.3. The first-order valence-electron chi connectivity index (χ1n) is 8.55. The molecule has 2 rings (SSSR count). The fourth-order valence-corrected chi connectivity index (χ4v) is 3.12. The highest BCUT2D eigenvalue weighted by Gasteiger charge is 2.34. The van der Waals surface area contributed by atoms with Crippen molar-refractivity contribution in [1.29, 1.82) is 0 Å². The van der Waals surface area contributed by atoms with Gasteiger partial charge in [-0.15, -0.1) is 0 Å². The quantitative estimate of drug-likeness (QED) is 0.549. The van der Waals surface area contributed by atoms with E-state index in [-0.39, 0.29) is 12.5 Å². The molecule has 1 aliphatic rings. The molecule has 3 unspecified atom stereocenters. The molecule has 0 aliphatic carbocycles. The summed E-state index contributed by atoms with van der Waals surface area (Å²) in [4.78, 5) is 36.7. The molecule has 1 heterocycles. The van der Waals surface area contributed by atoms with Gasteiger partial charge in [-0.2, -0.15) is 0 Å². The Morgan fingerprint density at radius 3 is 2.64 bits per heavy atom. The highest BCUT2D eigenvalue weighted by Crippen LogP contribution is 2.17. The number of amides is 1. The van der Waals surface area contributed by atoms with Crippen LogP contribution in [0.15, 0.2) is 30.3 Å². The molecule has 25 heavy (non-hydrogen) atoms. The van der Waals surface area contributed by atoms with Crippen LogP contribution in [0.1, 0.15) is 24.8 Å². The maximum atomic E-state index is 12.6. The zero-order valence-corrected chi connectivity index (χ0v) is 14.1. The number of carbonyl (C=O) groups excluding carboxylic acids is 2. The molecular formula is C18H25N3O4. The van der Waals surface area contributed by atoms with Crippen molar-refractivity contribution in [2.24, 2.45) is 5.73 Å². The topological polar surface area (TPSA) is 113 Å². The van der Waals surface area contributed by atoms with Crippen LogP contribution in [-0.4, -0.2) is 59.4 Å². The third kappa shape index (κ3) is 5.11. The van der Waals surface area contributed by atoms with Crippen LogP contribution in [-0.2, 0) is 20.8 Å². The summed E-state index contributed by atoms with van der Waals surface area (Å²) < 4.78 is 0. The van der Waals surface area contributed by atoms with Gasteiger partial charge in [0.2, 0.25) is 5.91 Å². The minimum Gasteiger partial charge on any atom is -0.480 e. The molecule has 1 amide bonds. The van der Waals surface area contributed by atoms with Gasteiger partial charge in [-0.25, -0.2) is 0 Å². The standard InChI is InChI=1S/C18H25N3O4/c19-11-16(17(23)21-10-4-7-14(21)12-22)20-15(18(24)25)9-8-13-5-2-1-3-6-13/h1-3,5-6,12,14-16,20H,4,7-11,19H2,(H,24,25). The van der Waals surface area contributed by atoms with Crippen LogP contribution in [0, 0.1) is 0 Å². The molecule has 0 aromatic heterocycles. The number of nitrogens with one attached hydrogen (secondary N) is 1. The van der Waals surface area contributed by atoms with Crippen molar-refractivity contribution in [2.75, 3.05) is 13.1 Å². The molecule has 4 N–H and O–H groups in total. The average molecular weight is 347 g/mol. The minimum atomic E-state index is -1.02. The Morgan fingerprint density at radius 2 is 2.04 bits per heavy atom. The number of carboxylic acids is 1. The van der Waals surface area contributed by atoms with Gasteiger partial charge in [0.15, 0.2) is 0 Å². The number of nitrogens with two attached hydrogens (primary N) is 1. The summed E-state index contributed by atoms with van der Waals surface area (Å²) in [5.74, 6) is -1.32. The van der Waals surface area contributed by atoms with Crippen molar-refractivity contribution < 1.29 is 19.5 Å². The lowest BCUT2D eigenvalue weighted by Gasteiger charge is -2.28. The zero-order chi connectivity index (χ0) is 18.2. The Morgan fingerprint density at radius 1 is 1.32 bits per heavy atom. The molecule has 0 bridgehead atoms. The van der Waals surface area contributed by atoms with Crippen molar-refractivity contribution in [3.05, 3.63) is 35.9 Å². The van der Waals surface area contributed by atoms with E-state index < -0.39 is 24.1 Å². The summed E-state index contributed by atoms with van der Waals surface area (Å²) in [7, 11) is 0. The van der Waals surface area contributed by atoms with Crippen molar-refractivity contribution in [3.63, 3.8) is 0 Å². The molecule has 136 valence electrons. The third-order valence-electron chi connectivity index (χ3n) is 4.54. The summed E-state index contributed by atoms with van der Waals surface area (Å²) >= 11 is 0. The summed E-state index contributed by atoms with van der Waals surface area (Å²) in [6, 6.07) is 7.45. The molecule has 1 aromatic carbocycles. The first-order chi connectivity index (χ1) is 12.1. The fraction of sp³-hybridized carbons (Fsp3) is 0.500. The van der Waals surface area contributed by atoms with Gasteiger partial charge in [0.1, 0.15) is 12.3 Å². The first-order valence-corrected chi connectivity index (χ1v) is 8.55.